The molecule has 0 radical (unpaired) electrons. The molecule has 0 aliphatic rings. The third-order valence-electron chi connectivity index (χ3n) is 4.06. The molecule has 0 aliphatic carbocycles. The highest BCUT2D eigenvalue weighted by molar-refractivity contribution is 5.95. The van der Waals surface area contributed by atoms with E-state index in [2.05, 4.69) is 30.4 Å². The first-order valence-corrected chi connectivity index (χ1v) is 8.43. The Morgan fingerprint density at radius 1 is 0.917 bits per heavy atom. The van der Waals surface area contributed by atoms with E-state index < -0.39 is 6.10 Å². The predicted molar refractivity (Wildman–Crippen MR) is 99.9 cm³/mol. The van der Waals surface area contributed by atoms with Crippen molar-refractivity contribution in [3.05, 3.63) is 58.1 Å². The number of hydrogen-bond acceptors (Lipinski definition) is 2. The number of nitrogens with one attached hydrogen (secondary N) is 1. The van der Waals surface area contributed by atoms with Crippen LogP contribution in [0.4, 0.5) is 5.69 Å². The van der Waals surface area contributed by atoms with Gasteiger partial charge in [0.25, 0.3) is 5.91 Å². The highest BCUT2D eigenvalue weighted by Crippen LogP contribution is 2.23. The summed E-state index contributed by atoms with van der Waals surface area (Å²) in [7, 11) is 0. The Balaban J connectivity index is 2.17. The maximum absolute atomic E-state index is 12.7. The molecular weight excluding hydrogens is 298 g/mol. The van der Waals surface area contributed by atoms with Crippen LogP contribution in [0.15, 0.2) is 30.3 Å². The molecule has 0 heterocycles. The van der Waals surface area contributed by atoms with Crippen LogP contribution in [0.25, 0.3) is 0 Å². The van der Waals surface area contributed by atoms with E-state index in [0.29, 0.717) is 6.42 Å². The van der Waals surface area contributed by atoms with Crippen LogP contribution in [0.1, 0.15) is 41.2 Å². The van der Waals surface area contributed by atoms with Crippen molar-refractivity contribution in [2.45, 2.75) is 54.1 Å². The minimum Gasteiger partial charge on any atom is -0.481 e. The third kappa shape index (κ3) is 4.38. The van der Waals surface area contributed by atoms with Crippen molar-refractivity contribution in [1.82, 2.24) is 0 Å². The van der Waals surface area contributed by atoms with E-state index in [1.807, 2.05) is 46.8 Å². The van der Waals surface area contributed by atoms with Crippen LogP contribution in [0.3, 0.4) is 0 Å². The van der Waals surface area contributed by atoms with Gasteiger partial charge in [0.2, 0.25) is 0 Å². The second-order valence-electron chi connectivity index (χ2n) is 6.60. The van der Waals surface area contributed by atoms with Crippen LogP contribution in [0, 0.1) is 34.6 Å². The van der Waals surface area contributed by atoms with Crippen molar-refractivity contribution in [3.8, 4) is 5.75 Å². The topological polar surface area (TPSA) is 38.3 Å². The summed E-state index contributed by atoms with van der Waals surface area (Å²) in [6.07, 6.45) is 0.106. The van der Waals surface area contributed by atoms with Crippen LogP contribution in [0.2, 0.25) is 0 Å². The molecule has 1 amide bonds. The molecule has 0 bridgehead atoms. The van der Waals surface area contributed by atoms with Crippen molar-refractivity contribution < 1.29 is 9.53 Å². The van der Waals surface area contributed by atoms with Gasteiger partial charge in [-0.2, -0.15) is 0 Å². The first-order chi connectivity index (χ1) is 11.3. The van der Waals surface area contributed by atoms with Gasteiger partial charge >= 0.3 is 0 Å². The SMILES string of the molecule is CC[C@@H](Oc1cc(C)cc(C)c1)C(=O)Nc1c(C)cc(C)cc1C. The predicted octanol–water partition coefficient (Wildman–Crippen LogP) is 5.02. The molecular formula is C21H27NO2. The number of ether oxygens (including phenoxy) is 1. The largest absolute Gasteiger partial charge is 0.481 e. The van der Waals surface area contributed by atoms with Gasteiger partial charge in [-0.15, -0.1) is 0 Å². The fourth-order valence-electron chi connectivity index (χ4n) is 3.07. The monoisotopic (exact) mass is 325 g/mol. The Kier molecular flexibility index (Phi) is 5.66. The molecule has 1 N–H and O–H groups in total. The summed E-state index contributed by atoms with van der Waals surface area (Å²) >= 11 is 0. The molecule has 2 rings (SSSR count). The fourth-order valence-corrected chi connectivity index (χ4v) is 3.07. The molecule has 0 saturated carbocycles. The molecule has 2 aromatic carbocycles. The number of carbonyl (C=O) groups is 1. The lowest BCUT2D eigenvalue weighted by Crippen LogP contribution is -2.33. The Bertz CT molecular complexity index is 706. The summed E-state index contributed by atoms with van der Waals surface area (Å²) < 4.78 is 5.95. The lowest BCUT2D eigenvalue weighted by atomic mass is 10.0. The molecule has 24 heavy (non-hydrogen) atoms. The van der Waals surface area contributed by atoms with Crippen LogP contribution in [0.5, 0.6) is 5.75 Å². The zero-order valence-electron chi connectivity index (χ0n) is 15.5. The van der Waals surface area contributed by atoms with E-state index in [-0.39, 0.29) is 5.91 Å². The van der Waals surface area contributed by atoms with Gasteiger partial charge in [-0.3, -0.25) is 4.79 Å². The summed E-state index contributed by atoms with van der Waals surface area (Å²) in [6, 6.07) is 10.2. The van der Waals surface area contributed by atoms with Crippen molar-refractivity contribution in [3.63, 3.8) is 0 Å². The summed E-state index contributed by atoms with van der Waals surface area (Å²) in [5.41, 5.74) is 6.48. The Morgan fingerprint density at radius 3 is 1.92 bits per heavy atom. The summed E-state index contributed by atoms with van der Waals surface area (Å²) in [5.74, 6) is 0.638. The average molecular weight is 325 g/mol. The second kappa shape index (κ2) is 7.52. The molecule has 0 fully saturated rings. The van der Waals surface area contributed by atoms with Crippen molar-refractivity contribution in [2.75, 3.05) is 5.32 Å². The molecule has 3 nitrogen and oxygen atoms in total. The molecule has 0 aliphatic heterocycles. The van der Waals surface area contributed by atoms with Crippen molar-refractivity contribution in [2.24, 2.45) is 0 Å². The van der Waals surface area contributed by atoms with Gasteiger partial charge < -0.3 is 10.1 Å². The molecule has 2 aromatic rings. The van der Waals surface area contributed by atoms with Crippen LogP contribution in [-0.4, -0.2) is 12.0 Å². The van der Waals surface area contributed by atoms with Gasteiger partial charge in [0.05, 0.1) is 0 Å². The van der Waals surface area contributed by atoms with Crippen LogP contribution < -0.4 is 10.1 Å². The second-order valence-corrected chi connectivity index (χ2v) is 6.60. The number of rotatable bonds is 5. The minimum atomic E-state index is -0.508. The van der Waals surface area contributed by atoms with E-state index in [4.69, 9.17) is 4.74 Å². The number of benzene rings is 2. The Morgan fingerprint density at radius 2 is 1.42 bits per heavy atom. The summed E-state index contributed by atoms with van der Waals surface area (Å²) in [5, 5.41) is 3.04. The minimum absolute atomic E-state index is 0.105. The number of hydrogen-bond donors (Lipinski definition) is 1. The van der Waals surface area contributed by atoms with Crippen LogP contribution >= 0.6 is 0 Å². The first-order valence-electron chi connectivity index (χ1n) is 8.43. The Hall–Kier alpha value is -2.29. The molecule has 0 unspecified atom stereocenters. The van der Waals surface area contributed by atoms with Gasteiger partial charge in [0.1, 0.15) is 5.75 Å². The Labute approximate surface area is 145 Å². The van der Waals surface area contributed by atoms with Gasteiger partial charge in [0.15, 0.2) is 6.10 Å². The molecule has 0 saturated heterocycles. The number of aryl methyl sites for hydroxylation is 5. The average Bonchev–Trinajstić information content (AvgIpc) is 2.47. The summed E-state index contributed by atoms with van der Waals surface area (Å²) in [6.45, 7) is 12.1. The quantitative estimate of drug-likeness (QED) is 0.838. The lowest BCUT2D eigenvalue weighted by molar-refractivity contribution is -0.122. The van der Waals surface area contributed by atoms with Gasteiger partial charge in [0, 0.05) is 5.69 Å². The van der Waals surface area contributed by atoms with E-state index in [1.165, 1.54) is 5.56 Å². The number of carbonyl (C=O) groups excluding carboxylic acids is 1. The van der Waals surface area contributed by atoms with Crippen LogP contribution in [-0.2, 0) is 4.79 Å². The standard InChI is InChI=1S/C21H27NO2/c1-7-19(24-18-11-13(2)8-14(3)12-18)21(23)22-20-16(5)9-15(4)10-17(20)6/h8-12,19H,7H2,1-6H3,(H,22,23)/t19-/m1/s1. The normalized spacial score (nSPS) is 11.9. The number of anilines is 1. The maximum Gasteiger partial charge on any atom is 0.265 e. The third-order valence-corrected chi connectivity index (χ3v) is 4.06. The summed E-state index contributed by atoms with van der Waals surface area (Å²) in [4.78, 5) is 12.7. The molecule has 1 atom stereocenters. The zero-order valence-corrected chi connectivity index (χ0v) is 15.5. The molecule has 0 spiro atoms. The zero-order chi connectivity index (χ0) is 17.9. The fraction of sp³-hybridized carbons (Fsp3) is 0.381. The van der Waals surface area contributed by atoms with Crippen molar-refractivity contribution in [1.29, 1.82) is 0 Å². The van der Waals surface area contributed by atoms with E-state index in [0.717, 1.165) is 33.7 Å². The lowest BCUT2D eigenvalue weighted by Gasteiger charge is -2.20. The van der Waals surface area contributed by atoms with E-state index in [9.17, 15) is 4.79 Å². The molecule has 128 valence electrons. The van der Waals surface area contributed by atoms with Crippen molar-refractivity contribution >= 4 is 11.6 Å². The first kappa shape index (κ1) is 18.1. The smallest absolute Gasteiger partial charge is 0.265 e. The highest BCUT2D eigenvalue weighted by Gasteiger charge is 2.20. The van der Waals surface area contributed by atoms with Gasteiger partial charge in [-0.05, 0) is 75.4 Å². The molecule has 0 aromatic heterocycles. The van der Waals surface area contributed by atoms with Gasteiger partial charge in [-0.1, -0.05) is 30.7 Å². The number of amides is 1. The maximum atomic E-state index is 12.7. The van der Waals surface area contributed by atoms with Gasteiger partial charge in [-0.25, -0.2) is 0 Å². The van der Waals surface area contributed by atoms with E-state index >= 15 is 0 Å². The molecule has 3 heteroatoms. The van der Waals surface area contributed by atoms with E-state index in [1.54, 1.807) is 0 Å². The highest BCUT2D eigenvalue weighted by atomic mass is 16.5.